The highest BCUT2D eigenvalue weighted by molar-refractivity contribution is 8.15. The van der Waals surface area contributed by atoms with Gasteiger partial charge in [0.15, 0.2) is 5.17 Å². The summed E-state index contributed by atoms with van der Waals surface area (Å²) in [5.41, 5.74) is 1.47. The van der Waals surface area contributed by atoms with E-state index < -0.39 is 12.0 Å². The van der Waals surface area contributed by atoms with Crippen LogP contribution in [0.5, 0.6) is 0 Å². The van der Waals surface area contributed by atoms with Crippen molar-refractivity contribution in [2.75, 3.05) is 0 Å². The molecule has 0 aliphatic carbocycles. The zero-order chi connectivity index (χ0) is 18.3. The van der Waals surface area contributed by atoms with Gasteiger partial charge in [-0.15, -0.1) is 0 Å². The molecule has 1 amide bonds. The van der Waals surface area contributed by atoms with Crippen LogP contribution in [0.3, 0.4) is 0 Å². The standard InChI is InChI=1S/C18H19FN2O3S/c1-9(2)24-17(23)14-10(3)20-18-21(16(22)11(4)25-18)15(14)12-5-7-13(19)8-6-12/h5-9,11,15H,1-4H3/t11-,15-/m0/s1. The zero-order valence-corrected chi connectivity index (χ0v) is 15.3. The zero-order valence-electron chi connectivity index (χ0n) is 14.4. The average Bonchev–Trinajstić information content (AvgIpc) is 2.80. The summed E-state index contributed by atoms with van der Waals surface area (Å²) in [6, 6.07) is 5.14. The highest BCUT2D eigenvalue weighted by atomic mass is 32.2. The van der Waals surface area contributed by atoms with Crippen LogP contribution in [0.25, 0.3) is 0 Å². The van der Waals surface area contributed by atoms with Gasteiger partial charge in [0.1, 0.15) is 5.82 Å². The summed E-state index contributed by atoms with van der Waals surface area (Å²) in [5.74, 6) is -1.02. The molecule has 7 heteroatoms. The molecule has 0 N–H and O–H groups in total. The van der Waals surface area contributed by atoms with Crippen molar-refractivity contribution < 1.29 is 18.7 Å². The van der Waals surface area contributed by atoms with Gasteiger partial charge in [0.25, 0.3) is 0 Å². The number of ether oxygens (including phenoxy) is 1. The van der Waals surface area contributed by atoms with Gasteiger partial charge in [0, 0.05) is 0 Å². The second kappa shape index (κ2) is 6.63. The van der Waals surface area contributed by atoms with E-state index in [0.29, 0.717) is 22.0 Å². The lowest BCUT2D eigenvalue weighted by molar-refractivity contribution is -0.143. The van der Waals surface area contributed by atoms with Gasteiger partial charge in [-0.05, 0) is 45.4 Å². The van der Waals surface area contributed by atoms with E-state index in [1.54, 1.807) is 39.8 Å². The number of amides is 1. The first-order valence-corrected chi connectivity index (χ1v) is 8.93. The van der Waals surface area contributed by atoms with Gasteiger partial charge in [-0.1, -0.05) is 23.9 Å². The topological polar surface area (TPSA) is 59.0 Å². The lowest BCUT2D eigenvalue weighted by atomic mass is 9.94. The first-order chi connectivity index (χ1) is 11.8. The number of esters is 1. The summed E-state index contributed by atoms with van der Waals surface area (Å²) >= 11 is 1.36. The van der Waals surface area contributed by atoms with Crippen LogP contribution in [0, 0.1) is 5.82 Å². The van der Waals surface area contributed by atoms with Crippen LogP contribution in [0.2, 0.25) is 0 Å². The third kappa shape index (κ3) is 3.20. The Morgan fingerprint density at radius 1 is 1.32 bits per heavy atom. The Bertz CT molecular complexity index is 786. The van der Waals surface area contributed by atoms with E-state index in [9.17, 15) is 14.0 Å². The first kappa shape index (κ1) is 17.7. The van der Waals surface area contributed by atoms with Crippen molar-refractivity contribution >= 4 is 28.8 Å². The van der Waals surface area contributed by atoms with Crippen LogP contribution in [0.4, 0.5) is 4.39 Å². The molecule has 2 aliphatic rings. The summed E-state index contributed by atoms with van der Waals surface area (Å²) in [5, 5.41) is 0.278. The van der Waals surface area contributed by atoms with Crippen LogP contribution >= 0.6 is 11.8 Å². The number of benzene rings is 1. The number of amidine groups is 1. The Morgan fingerprint density at radius 3 is 2.56 bits per heavy atom. The summed E-state index contributed by atoms with van der Waals surface area (Å²) < 4.78 is 18.7. The van der Waals surface area contributed by atoms with Gasteiger partial charge in [-0.3, -0.25) is 9.69 Å². The molecular weight excluding hydrogens is 343 g/mol. The normalized spacial score (nSPS) is 23.0. The number of carbonyl (C=O) groups is 2. The van der Waals surface area contributed by atoms with Crippen LogP contribution in [-0.4, -0.2) is 33.3 Å². The number of aliphatic imine (C=N–C) groups is 1. The maximum Gasteiger partial charge on any atom is 0.338 e. The fourth-order valence-corrected chi connectivity index (χ4v) is 3.93. The molecule has 5 nitrogen and oxygen atoms in total. The van der Waals surface area contributed by atoms with E-state index >= 15 is 0 Å². The maximum atomic E-state index is 13.4. The Kier molecular flexibility index (Phi) is 4.69. The monoisotopic (exact) mass is 362 g/mol. The van der Waals surface area contributed by atoms with Crippen molar-refractivity contribution in [2.45, 2.75) is 45.1 Å². The number of nitrogens with zero attached hydrogens (tertiary/aromatic N) is 2. The molecule has 1 fully saturated rings. The summed E-state index contributed by atoms with van der Waals surface area (Å²) in [6.45, 7) is 7.05. The van der Waals surface area contributed by atoms with Crippen molar-refractivity contribution in [3.63, 3.8) is 0 Å². The third-order valence-corrected chi connectivity index (χ3v) is 5.06. The highest BCUT2D eigenvalue weighted by Crippen LogP contribution is 2.43. The van der Waals surface area contributed by atoms with Gasteiger partial charge < -0.3 is 4.74 Å². The molecule has 2 heterocycles. The van der Waals surface area contributed by atoms with Gasteiger partial charge in [0.2, 0.25) is 5.91 Å². The molecular formula is C18H19FN2O3S. The number of halogens is 1. The second-order valence-corrected chi connectivity index (χ2v) is 7.58. The van der Waals surface area contributed by atoms with Gasteiger partial charge >= 0.3 is 5.97 Å². The minimum atomic E-state index is -0.663. The number of fused-ring (bicyclic) bond motifs is 1. The quantitative estimate of drug-likeness (QED) is 0.773. The first-order valence-electron chi connectivity index (χ1n) is 8.05. The van der Waals surface area contributed by atoms with Crippen molar-refractivity contribution in [2.24, 2.45) is 4.99 Å². The predicted octanol–water partition coefficient (Wildman–Crippen LogP) is 3.43. The van der Waals surface area contributed by atoms with E-state index in [1.165, 1.54) is 28.8 Å². The molecule has 0 aromatic heterocycles. The number of hydrogen-bond donors (Lipinski definition) is 0. The van der Waals surface area contributed by atoms with E-state index in [-0.39, 0.29) is 23.1 Å². The molecule has 1 saturated heterocycles. The molecule has 0 radical (unpaired) electrons. The van der Waals surface area contributed by atoms with Crippen molar-refractivity contribution in [3.05, 3.63) is 46.9 Å². The fraction of sp³-hybridized carbons (Fsp3) is 0.389. The number of carbonyl (C=O) groups excluding carboxylic acids is 2. The predicted molar refractivity (Wildman–Crippen MR) is 94.4 cm³/mol. The molecule has 0 unspecified atom stereocenters. The van der Waals surface area contributed by atoms with Crippen molar-refractivity contribution in [1.29, 1.82) is 0 Å². The van der Waals surface area contributed by atoms with Crippen LogP contribution < -0.4 is 0 Å². The van der Waals surface area contributed by atoms with Gasteiger partial charge in [-0.25, -0.2) is 14.2 Å². The van der Waals surface area contributed by atoms with E-state index in [4.69, 9.17) is 4.74 Å². The fourth-order valence-electron chi connectivity index (χ4n) is 2.90. The number of hydrogen-bond acceptors (Lipinski definition) is 5. The minimum Gasteiger partial charge on any atom is -0.459 e. The average molecular weight is 362 g/mol. The Balaban J connectivity index is 2.12. The third-order valence-electron chi connectivity index (χ3n) is 4.01. The van der Waals surface area contributed by atoms with Crippen molar-refractivity contribution in [3.8, 4) is 0 Å². The molecule has 3 rings (SSSR count). The van der Waals surface area contributed by atoms with Crippen LogP contribution in [0.15, 0.2) is 40.5 Å². The van der Waals surface area contributed by atoms with Crippen LogP contribution in [0.1, 0.15) is 39.3 Å². The number of thioether (sulfide) groups is 1. The van der Waals surface area contributed by atoms with Gasteiger partial charge in [0.05, 0.1) is 28.7 Å². The van der Waals surface area contributed by atoms with Crippen LogP contribution in [-0.2, 0) is 14.3 Å². The Hall–Kier alpha value is -2.15. The molecule has 1 aromatic carbocycles. The second-order valence-electron chi connectivity index (χ2n) is 6.27. The summed E-state index contributed by atoms with van der Waals surface area (Å²) in [7, 11) is 0. The number of rotatable bonds is 3. The van der Waals surface area contributed by atoms with E-state index in [0.717, 1.165) is 0 Å². The molecule has 2 aliphatic heterocycles. The van der Waals surface area contributed by atoms with E-state index in [2.05, 4.69) is 4.99 Å². The smallest absolute Gasteiger partial charge is 0.338 e. The Labute approximate surface area is 149 Å². The Morgan fingerprint density at radius 2 is 1.96 bits per heavy atom. The number of allylic oxidation sites excluding steroid dienone is 1. The summed E-state index contributed by atoms with van der Waals surface area (Å²) in [4.78, 5) is 31.3. The van der Waals surface area contributed by atoms with E-state index in [1.807, 2.05) is 0 Å². The molecule has 0 spiro atoms. The molecule has 25 heavy (non-hydrogen) atoms. The van der Waals surface area contributed by atoms with Crippen molar-refractivity contribution in [1.82, 2.24) is 4.90 Å². The molecule has 2 atom stereocenters. The molecule has 0 bridgehead atoms. The molecule has 0 saturated carbocycles. The highest BCUT2D eigenvalue weighted by Gasteiger charge is 2.46. The molecule has 1 aromatic rings. The molecule has 132 valence electrons. The lowest BCUT2D eigenvalue weighted by Gasteiger charge is -2.33. The lowest BCUT2D eigenvalue weighted by Crippen LogP contribution is -2.40. The van der Waals surface area contributed by atoms with Gasteiger partial charge in [-0.2, -0.15) is 0 Å². The minimum absolute atomic E-state index is 0.125. The largest absolute Gasteiger partial charge is 0.459 e. The maximum absolute atomic E-state index is 13.4. The summed E-state index contributed by atoms with van der Waals surface area (Å²) in [6.07, 6.45) is -0.297. The SMILES string of the molecule is CC1=C(C(=O)OC(C)C)[C@H](c2ccc(F)cc2)N2C(=O)[C@H](C)SC2=N1.